The van der Waals surface area contributed by atoms with Crippen LogP contribution in [0.2, 0.25) is 0 Å². The van der Waals surface area contributed by atoms with Crippen molar-refractivity contribution in [2.24, 2.45) is 0 Å². The van der Waals surface area contributed by atoms with E-state index in [0.29, 0.717) is 10.8 Å². The molecule has 1 saturated carbocycles. The number of thioether (sulfide) groups is 1. The van der Waals surface area contributed by atoms with Crippen molar-refractivity contribution in [3.63, 3.8) is 0 Å². The molecule has 0 N–H and O–H groups in total. The van der Waals surface area contributed by atoms with Crippen LogP contribution in [-0.2, 0) is 0 Å². The Morgan fingerprint density at radius 2 is 2.40 bits per heavy atom. The van der Waals surface area contributed by atoms with Gasteiger partial charge < -0.3 is 4.74 Å². The summed E-state index contributed by atoms with van der Waals surface area (Å²) in [6.45, 7) is 0. The van der Waals surface area contributed by atoms with Crippen molar-refractivity contribution >= 4 is 17.4 Å². The standard InChI is InChI=1S/C9H10N2O3S/c1-15-9-8(14-7-2-3-7)4-6(5-10-9)11(12)13/h4-5,7H,2-3H2,1H3. The molecule has 1 aromatic rings. The fourth-order valence-electron chi connectivity index (χ4n) is 1.12. The van der Waals surface area contributed by atoms with Gasteiger partial charge in [0, 0.05) is 0 Å². The van der Waals surface area contributed by atoms with Gasteiger partial charge in [-0.1, -0.05) is 0 Å². The normalized spacial score (nSPS) is 15.0. The van der Waals surface area contributed by atoms with E-state index in [9.17, 15) is 10.1 Å². The molecule has 1 heterocycles. The minimum atomic E-state index is -0.461. The molecule has 0 amide bonds. The molecule has 15 heavy (non-hydrogen) atoms. The van der Waals surface area contributed by atoms with Crippen LogP contribution in [0.25, 0.3) is 0 Å². The number of ether oxygens (including phenoxy) is 1. The highest BCUT2D eigenvalue weighted by Gasteiger charge is 2.25. The highest BCUT2D eigenvalue weighted by molar-refractivity contribution is 7.98. The minimum Gasteiger partial charge on any atom is -0.487 e. The summed E-state index contributed by atoms with van der Waals surface area (Å²) in [6.07, 6.45) is 5.40. The van der Waals surface area contributed by atoms with E-state index in [-0.39, 0.29) is 11.8 Å². The molecule has 1 aliphatic carbocycles. The topological polar surface area (TPSA) is 65.3 Å². The maximum atomic E-state index is 10.6. The number of rotatable bonds is 4. The predicted molar refractivity (Wildman–Crippen MR) is 56.3 cm³/mol. The molecular weight excluding hydrogens is 216 g/mol. The molecule has 0 unspecified atom stereocenters. The summed E-state index contributed by atoms with van der Waals surface area (Å²) in [5.74, 6) is 0.527. The number of nitrogens with zero attached hydrogens (tertiary/aromatic N) is 2. The van der Waals surface area contributed by atoms with Gasteiger partial charge in [-0.05, 0) is 19.1 Å². The highest BCUT2D eigenvalue weighted by Crippen LogP contribution is 2.34. The van der Waals surface area contributed by atoms with E-state index in [2.05, 4.69) is 4.98 Å². The van der Waals surface area contributed by atoms with Gasteiger partial charge in [0.2, 0.25) is 0 Å². The zero-order valence-electron chi connectivity index (χ0n) is 8.17. The van der Waals surface area contributed by atoms with Gasteiger partial charge in [0.25, 0.3) is 5.69 Å². The third-order valence-corrected chi connectivity index (χ3v) is 2.72. The molecule has 0 atom stereocenters. The quantitative estimate of drug-likeness (QED) is 0.447. The van der Waals surface area contributed by atoms with Crippen molar-refractivity contribution in [2.45, 2.75) is 24.0 Å². The monoisotopic (exact) mass is 226 g/mol. The van der Waals surface area contributed by atoms with E-state index in [1.165, 1.54) is 24.0 Å². The third kappa shape index (κ3) is 2.38. The van der Waals surface area contributed by atoms with E-state index in [0.717, 1.165) is 12.8 Å². The Hall–Kier alpha value is -1.30. The van der Waals surface area contributed by atoms with Gasteiger partial charge in [0.15, 0.2) is 5.75 Å². The number of pyridine rings is 1. The molecule has 1 aromatic heterocycles. The zero-order chi connectivity index (χ0) is 10.8. The summed E-state index contributed by atoms with van der Waals surface area (Å²) in [6, 6.07) is 1.44. The van der Waals surface area contributed by atoms with Crippen molar-refractivity contribution in [3.05, 3.63) is 22.4 Å². The van der Waals surface area contributed by atoms with Crippen LogP contribution < -0.4 is 4.74 Å². The van der Waals surface area contributed by atoms with Crippen molar-refractivity contribution in [1.29, 1.82) is 0 Å². The molecule has 2 rings (SSSR count). The first kappa shape index (κ1) is 10.2. The molecule has 0 aliphatic heterocycles. The van der Waals surface area contributed by atoms with Gasteiger partial charge in [0.05, 0.1) is 17.1 Å². The summed E-state index contributed by atoms with van der Waals surface area (Å²) < 4.78 is 5.55. The van der Waals surface area contributed by atoms with E-state index in [4.69, 9.17) is 4.74 Å². The molecule has 1 aliphatic rings. The Labute approximate surface area is 91.0 Å². The van der Waals surface area contributed by atoms with Crippen molar-refractivity contribution < 1.29 is 9.66 Å². The van der Waals surface area contributed by atoms with Gasteiger partial charge >= 0.3 is 0 Å². The van der Waals surface area contributed by atoms with Crippen LogP contribution in [0.3, 0.4) is 0 Å². The molecule has 80 valence electrons. The molecular formula is C9H10N2O3S. The molecule has 0 saturated heterocycles. The van der Waals surface area contributed by atoms with Gasteiger partial charge in [-0.2, -0.15) is 0 Å². The molecule has 0 radical (unpaired) electrons. The van der Waals surface area contributed by atoms with Gasteiger partial charge in [0.1, 0.15) is 11.2 Å². The Morgan fingerprint density at radius 1 is 1.67 bits per heavy atom. The smallest absolute Gasteiger partial charge is 0.291 e. The SMILES string of the molecule is CSc1ncc([N+](=O)[O-])cc1OC1CC1. The molecule has 0 bridgehead atoms. The first-order valence-corrected chi connectivity index (χ1v) is 5.78. The van der Waals surface area contributed by atoms with E-state index in [1.54, 1.807) is 0 Å². The Bertz CT molecular complexity index is 393. The lowest BCUT2D eigenvalue weighted by Gasteiger charge is -2.07. The van der Waals surface area contributed by atoms with Crippen molar-refractivity contribution in [1.82, 2.24) is 4.98 Å². The third-order valence-electron chi connectivity index (χ3n) is 2.03. The molecule has 6 heteroatoms. The average Bonchev–Trinajstić information content (AvgIpc) is 3.01. The summed E-state index contributed by atoms with van der Waals surface area (Å²) in [7, 11) is 0. The first-order chi connectivity index (χ1) is 7.20. The number of hydrogen-bond donors (Lipinski definition) is 0. The number of hydrogen-bond acceptors (Lipinski definition) is 5. The van der Waals surface area contributed by atoms with Crippen LogP contribution in [0, 0.1) is 10.1 Å². The molecule has 1 fully saturated rings. The van der Waals surface area contributed by atoms with Crippen LogP contribution in [0.1, 0.15) is 12.8 Å². The maximum absolute atomic E-state index is 10.6. The van der Waals surface area contributed by atoms with Crippen molar-refractivity contribution in [2.75, 3.05) is 6.26 Å². The number of aromatic nitrogens is 1. The second kappa shape index (κ2) is 4.06. The fourth-order valence-corrected chi connectivity index (χ4v) is 1.59. The summed E-state index contributed by atoms with van der Waals surface area (Å²) in [5, 5.41) is 11.3. The van der Waals surface area contributed by atoms with Crippen LogP contribution in [0.15, 0.2) is 17.3 Å². The summed E-state index contributed by atoms with van der Waals surface area (Å²) >= 11 is 1.43. The molecule has 5 nitrogen and oxygen atoms in total. The molecule has 0 spiro atoms. The fraction of sp³-hybridized carbons (Fsp3) is 0.444. The maximum Gasteiger partial charge on any atom is 0.291 e. The summed E-state index contributed by atoms with van der Waals surface area (Å²) in [5.41, 5.74) is -0.0246. The van der Waals surface area contributed by atoms with Gasteiger partial charge in [-0.25, -0.2) is 4.98 Å². The van der Waals surface area contributed by atoms with Gasteiger partial charge in [-0.15, -0.1) is 11.8 Å². The first-order valence-electron chi connectivity index (χ1n) is 4.56. The van der Waals surface area contributed by atoms with Crippen LogP contribution in [-0.4, -0.2) is 22.3 Å². The lowest BCUT2D eigenvalue weighted by atomic mass is 10.4. The van der Waals surface area contributed by atoms with Crippen LogP contribution >= 0.6 is 11.8 Å². The average molecular weight is 226 g/mol. The van der Waals surface area contributed by atoms with Gasteiger partial charge in [-0.3, -0.25) is 10.1 Å². The van der Waals surface area contributed by atoms with E-state index >= 15 is 0 Å². The largest absolute Gasteiger partial charge is 0.487 e. The second-order valence-corrected chi connectivity index (χ2v) is 4.07. The number of nitro groups is 1. The van der Waals surface area contributed by atoms with Crippen molar-refractivity contribution in [3.8, 4) is 5.75 Å². The Kier molecular flexibility index (Phi) is 2.77. The minimum absolute atomic E-state index is 0.0246. The summed E-state index contributed by atoms with van der Waals surface area (Å²) in [4.78, 5) is 14.1. The zero-order valence-corrected chi connectivity index (χ0v) is 8.99. The molecule has 0 aromatic carbocycles. The Balaban J connectivity index is 2.28. The lowest BCUT2D eigenvalue weighted by molar-refractivity contribution is -0.385. The highest BCUT2D eigenvalue weighted by atomic mass is 32.2. The Morgan fingerprint density at radius 3 is 2.93 bits per heavy atom. The van der Waals surface area contributed by atoms with E-state index in [1.807, 2.05) is 6.26 Å². The van der Waals surface area contributed by atoms with E-state index < -0.39 is 4.92 Å². The second-order valence-electron chi connectivity index (χ2n) is 3.28. The van der Waals surface area contributed by atoms with Crippen LogP contribution in [0.4, 0.5) is 5.69 Å². The van der Waals surface area contributed by atoms with Crippen LogP contribution in [0.5, 0.6) is 5.75 Å². The predicted octanol–water partition coefficient (Wildman–Crippen LogP) is 2.25. The lowest BCUT2D eigenvalue weighted by Crippen LogP contribution is -2.00.